The van der Waals surface area contributed by atoms with Crippen LogP contribution in [-0.4, -0.2) is 11.1 Å². The van der Waals surface area contributed by atoms with E-state index in [2.05, 4.69) is 0 Å². The van der Waals surface area contributed by atoms with Gasteiger partial charge in [-0.1, -0.05) is 24.3 Å². The fourth-order valence-electron chi connectivity index (χ4n) is 1.84. The van der Waals surface area contributed by atoms with Gasteiger partial charge in [-0.2, -0.15) is 5.26 Å². The number of aromatic carboxylic acids is 1. The smallest absolute Gasteiger partial charge is 0.339 e. The molecule has 20 heavy (non-hydrogen) atoms. The van der Waals surface area contributed by atoms with Crippen LogP contribution in [0.3, 0.4) is 0 Å². The molecule has 0 radical (unpaired) electrons. The average Bonchev–Trinajstić information content (AvgIpc) is 2.46. The van der Waals surface area contributed by atoms with Crippen molar-refractivity contribution in [3.8, 4) is 11.8 Å². The maximum absolute atomic E-state index is 11.2. The van der Waals surface area contributed by atoms with E-state index in [-0.39, 0.29) is 12.2 Å². The molecular formula is C16H13NO3. The van der Waals surface area contributed by atoms with Crippen molar-refractivity contribution in [2.24, 2.45) is 0 Å². The molecule has 4 heteroatoms. The maximum Gasteiger partial charge on any atom is 0.339 e. The first-order valence-corrected chi connectivity index (χ1v) is 6.06. The highest BCUT2D eigenvalue weighted by Crippen LogP contribution is 2.24. The van der Waals surface area contributed by atoms with Gasteiger partial charge in [-0.25, -0.2) is 4.79 Å². The number of aryl methyl sites for hydroxylation is 1. The highest BCUT2D eigenvalue weighted by atomic mass is 16.5. The SMILES string of the molecule is Cc1cccc(C(=O)O)c1OCc1ccc(C#N)cc1. The van der Waals surface area contributed by atoms with Gasteiger partial charge in [0.15, 0.2) is 0 Å². The van der Waals surface area contributed by atoms with E-state index in [1.54, 1.807) is 43.3 Å². The molecule has 2 aromatic rings. The molecule has 1 N–H and O–H groups in total. The van der Waals surface area contributed by atoms with E-state index in [0.29, 0.717) is 11.3 Å². The Morgan fingerprint density at radius 2 is 1.95 bits per heavy atom. The van der Waals surface area contributed by atoms with Gasteiger partial charge in [0, 0.05) is 0 Å². The Morgan fingerprint density at radius 3 is 2.55 bits per heavy atom. The molecule has 100 valence electrons. The summed E-state index contributed by atoms with van der Waals surface area (Å²) in [4.78, 5) is 11.2. The summed E-state index contributed by atoms with van der Waals surface area (Å²) in [5.74, 6) is -0.632. The lowest BCUT2D eigenvalue weighted by molar-refractivity contribution is 0.0691. The summed E-state index contributed by atoms with van der Waals surface area (Å²) < 4.78 is 5.63. The van der Waals surface area contributed by atoms with Gasteiger partial charge in [-0.05, 0) is 36.2 Å². The molecule has 0 unspecified atom stereocenters. The number of hydrogen-bond acceptors (Lipinski definition) is 3. The maximum atomic E-state index is 11.2. The van der Waals surface area contributed by atoms with Crippen molar-refractivity contribution < 1.29 is 14.6 Å². The molecule has 0 amide bonds. The van der Waals surface area contributed by atoms with Crippen molar-refractivity contribution in [2.75, 3.05) is 0 Å². The zero-order valence-corrected chi connectivity index (χ0v) is 11.0. The number of ether oxygens (including phenoxy) is 1. The minimum atomic E-state index is -1.01. The monoisotopic (exact) mass is 267 g/mol. The molecule has 0 heterocycles. The van der Waals surface area contributed by atoms with Crippen LogP contribution in [0.1, 0.15) is 27.0 Å². The van der Waals surface area contributed by atoms with Crippen LogP contribution in [0.2, 0.25) is 0 Å². The predicted molar refractivity (Wildman–Crippen MR) is 73.6 cm³/mol. The van der Waals surface area contributed by atoms with E-state index in [0.717, 1.165) is 11.1 Å². The summed E-state index contributed by atoms with van der Waals surface area (Å²) in [6.45, 7) is 2.07. The van der Waals surface area contributed by atoms with Crippen LogP contribution in [0.4, 0.5) is 0 Å². The number of carbonyl (C=O) groups is 1. The van der Waals surface area contributed by atoms with Crippen molar-refractivity contribution in [1.29, 1.82) is 5.26 Å². The normalized spacial score (nSPS) is 9.80. The Hall–Kier alpha value is -2.80. The standard InChI is InChI=1S/C16H13NO3/c1-11-3-2-4-14(16(18)19)15(11)20-10-13-7-5-12(9-17)6-8-13/h2-8H,10H2,1H3,(H,18,19). The molecule has 0 aliphatic rings. The molecule has 2 rings (SSSR count). The third-order valence-electron chi connectivity index (χ3n) is 2.91. The number of rotatable bonds is 4. The quantitative estimate of drug-likeness (QED) is 0.923. The first-order valence-electron chi connectivity index (χ1n) is 6.06. The van der Waals surface area contributed by atoms with Gasteiger partial charge in [-0.15, -0.1) is 0 Å². The van der Waals surface area contributed by atoms with Gasteiger partial charge in [-0.3, -0.25) is 0 Å². The summed E-state index contributed by atoms with van der Waals surface area (Å²) in [5.41, 5.74) is 2.39. The topological polar surface area (TPSA) is 70.3 Å². The van der Waals surface area contributed by atoms with Crippen LogP contribution in [-0.2, 0) is 6.61 Å². The van der Waals surface area contributed by atoms with E-state index in [4.69, 9.17) is 15.1 Å². The second kappa shape index (κ2) is 5.89. The number of carboxylic acids is 1. The molecule has 0 saturated heterocycles. The molecule has 0 bridgehead atoms. The molecule has 0 atom stereocenters. The second-order valence-electron chi connectivity index (χ2n) is 4.35. The van der Waals surface area contributed by atoms with Gasteiger partial charge in [0.25, 0.3) is 0 Å². The first kappa shape index (κ1) is 13.6. The Balaban J connectivity index is 2.18. The third kappa shape index (κ3) is 2.96. The van der Waals surface area contributed by atoms with Crippen molar-refractivity contribution in [3.63, 3.8) is 0 Å². The van der Waals surface area contributed by atoms with Crippen molar-refractivity contribution >= 4 is 5.97 Å². The minimum Gasteiger partial charge on any atom is -0.488 e. The first-order chi connectivity index (χ1) is 9.61. The number of benzene rings is 2. The lowest BCUT2D eigenvalue weighted by Gasteiger charge is -2.12. The molecule has 2 aromatic carbocycles. The molecule has 0 fully saturated rings. The lowest BCUT2D eigenvalue weighted by Crippen LogP contribution is -2.05. The number of para-hydroxylation sites is 1. The number of nitriles is 1. The molecule has 0 aliphatic heterocycles. The Labute approximate surface area is 116 Å². The molecule has 0 spiro atoms. The average molecular weight is 267 g/mol. The molecule has 0 aliphatic carbocycles. The molecule has 4 nitrogen and oxygen atoms in total. The Morgan fingerprint density at radius 1 is 1.25 bits per heavy atom. The molecule has 0 saturated carbocycles. The van der Waals surface area contributed by atoms with E-state index < -0.39 is 5.97 Å². The number of nitrogens with zero attached hydrogens (tertiary/aromatic N) is 1. The van der Waals surface area contributed by atoms with Gasteiger partial charge in [0.2, 0.25) is 0 Å². The highest BCUT2D eigenvalue weighted by Gasteiger charge is 2.13. The van der Waals surface area contributed by atoms with Gasteiger partial charge in [0.1, 0.15) is 17.9 Å². The number of hydrogen-bond donors (Lipinski definition) is 1. The van der Waals surface area contributed by atoms with Gasteiger partial charge in [0.05, 0.1) is 11.6 Å². The fraction of sp³-hybridized carbons (Fsp3) is 0.125. The second-order valence-corrected chi connectivity index (χ2v) is 4.35. The zero-order chi connectivity index (χ0) is 14.5. The van der Waals surface area contributed by atoms with Crippen LogP contribution < -0.4 is 4.74 Å². The molecular weight excluding hydrogens is 254 g/mol. The van der Waals surface area contributed by atoms with Crippen molar-refractivity contribution in [3.05, 3.63) is 64.7 Å². The van der Waals surface area contributed by atoms with Crippen LogP contribution in [0.15, 0.2) is 42.5 Å². The summed E-state index contributed by atoms with van der Waals surface area (Å²) >= 11 is 0. The zero-order valence-electron chi connectivity index (χ0n) is 11.0. The molecule has 0 aromatic heterocycles. The summed E-state index contributed by atoms with van der Waals surface area (Å²) in [6.07, 6.45) is 0. The van der Waals surface area contributed by atoms with E-state index in [9.17, 15) is 4.79 Å². The van der Waals surface area contributed by atoms with E-state index >= 15 is 0 Å². The Bertz CT molecular complexity index is 669. The minimum absolute atomic E-state index is 0.152. The summed E-state index contributed by atoms with van der Waals surface area (Å²) in [7, 11) is 0. The van der Waals surface area contributed by atoms with E-state index in [1.165, 1.54) is 6.07 Å². The van der Waals surface area contributed by atoms with Crippen molar-refractivity contribution in [1.82, 2.24) is 0 Å². The van der Waals surface area contributed by atoms with Gasteiger partial charge >= 0.3 is 5.97 Å². The largest absolute Gasteiger partial charge is 0.488 e. The highest BCUT2D eigenvalue weighted by molar-refractivity contribution is 5.91. The van der Waals surface area contributed by atoms with E-state index in [1.807, 2.05) is 6.07 Å². The lowest BCUT2D eigenvalue weighted by atomic mass is 10.1. The van der Waals surface area contributed by atoms with Crippen LogP contribution in [0.25, 0.3) is 0 Å². The van der Waals surface area contributed by atoms with Crippen LogP contribution in [0, 0.1) is 18.3 Å². The van der Waals surface area contributed by atoms with Crippen molar-refractivity contribution in [2.45, 2.75) is 13.5 Å². The summed E-state index contributed by atoms with van der Waals surface area (Å²) in [6, 6.07) is 14.0. The van der Waals surface area contributed by atoms with Crippen LogP contribution in [0.5, 0.6) is 5.75 Å². The number of carboxylic acid groups (broad SMARTS) is 1. The predicted octanol–water partition coefficient (Wildman–Crippen LogP) is 3.14. The third-order valence-corrected chi connectivity index (χ3v) is 2.91. The van der Waals surface area contributed by atoms with Gasteiger partial charge < -0.3 is 9.84 Å². The summed E-state index contributed by atoms with van der Waals surface area (Å²) in [5, 5.41) is 17.9. The fourth-order valence-corrected chi connectivity index (χ4v) is 1.84. The van der Waals surface area contributed by atoms with Crippen LogP contribution >= 0.6 is 0 Å². The Kier molecular flexibility index (Phi) is 4.02.